The average Bonchev–Trinajstić information content (AvgIpc) is 2.44. The van der Waals surface area contributed by atoms with Crippen LogP contribution in [0.1, 0.15) is 0 Å². The second-order valence-corrected chi connectivity index (χ2v) is 9.17. The molecule has 124 valence electrons. The summed E-state index contributed by atoms with van der Waals surface area (Å²) in [5.41, 5.74) is 0.485. The van der Waals surface area contributed by atoms with Crippen molar-refractivity contribution in [1.82, 2.24) is 0 Å². The second kappa shape index (κ2) is 6.97. The lowest BCUT2D eigenvalue weighted by molar-refractivity contribution is 0.602. The Bertz CT molecular complexity index is 923. The van der Waals surface area contributed by atoms with Gasteiger partial charge < -0.3 is 0 Å². The molecule has 0 heterocycles. The number of hydrogen-bond acceptors (Lipinski definition) is 2. The Morgan fingerprint density at radius 2 is 1.26 bits per heavy atom. The number of rotatable bonds is 2. The van der Waals surface area contributed by atoms with E-state index in [-0.39, 0.29) is 51.2 Å². The number of hydrogen-bond donors (Lipinski definition) is 0. The van der Waals surface area contributed by atoms with E-state index in [4.69, 9.17) is 81.2 Å². The average molecular weight is 473 g/mol. The van der Waals surface area contributed by atoms with E-state index in [0.717, 1.165) is 6.26 Å². The highest BCUT2D eigenvalue weighted by atomic mass is 35.5. The van der Waals surface area contributed by atoms with Crippen molar-refractivity contribution in [2.24, 2.45) is 0 Å². The molecule has 0 atom stereocenters. The van der Waals surface area contributed by atoms with Crippen LogP contribution in [0, 0.1) is 0 Å². The Labute approximate surface area is 168 Å². The normalized spacial score (nSPS) is 11.8. The van der Waals surface area contributed by atoms with Gasteiger partial charge in [0, 0.05) is 17.4 Å². The van der Waals surface area contributed by atoms with Crippen LogP contribution in [-0.4, -0.2) is 14.7 Å². The summed E-state index contributed by atoms with van der Waals surface area (Å²) in [5, 5.41) is 0.0537. The molecule has 0 unspecified atom stereocenters. The molecule has 2 aromatic rings. The summed E-state index contributed by atoms with van der Waals surface area (Å²) in [6, 6.07) is 2.61. The lowest BCUT2D eigenvalue weighted by Gasteiger charge is -2.15. The molecule has 23 heavy (non-hydrogen) atoms. The van der Waals surface area contributed by atoms with E-state index < -0.39 is 9.84 Å². The first kappa shape index (κ1) is 19.7. The van der Waals surface area contributed by atoms with Crippen LogP contribution in [-0.2, 0) is 9.84 Å². The third-order valence-corrected chi connectivity index (χ3v) is 7.05. The summed E-state index contributed by atoms with van der Waals surface area (Å²) in [4.78, 5) is -0.194. The second-order valence-electron chi connectivity index (χ2n) is 4.48. The highest BCUT2D eigenvalue weighted by molar-refractivity contribution is 7.90. The van der Waals surface area contributed by atoms with E-state index in [1.54, 1.807) is 0 Å². The van der Waals surface area contributed by atoms with Gasteiger partial charge >= 0.3 is 0 Å². The third kappa shape index (κ3) is 3.68. The smallest absolute Gasteiger partial charge is 0.177 e. The quantitative estimate of drug-likeness (QED) is 0.338. The molecule has 2 aromatic carbocycles. The van der Waals surface area contributed by atoms with Gasteiger partial charge in [0.2, 0.25) is 0 Å². The zero-order valence-corrected chi connectivity index (χ0v) is 17.1. The highest BCUT2D eigenvalue weighted by Crippen LogP contribution is 2.49. The molecular formula is C13H5Cl7O2S. The molecule has 0 N–H and O–H groups in total. The molecule has 0 saturated heterocycles. The minimum absolute atomic E-state index is 0.0197. The van der Waals surface area contributed by atoms with Crippen molar-refractivity contribution in [1.29, 1.82) is 0 Å². The molecule has 2 nitrogen and oxygen atoms in total. The Morgan fingerprint density at radius 3 is 1.78 bits per heavy atom. The fourth-order valence-electron chi connectivity index (χ4n) is 1.84. The van der Waals surface area contributed by atoms with Gasteiger partial charge in [-0.2, -0.15) is 0 Å². The maximum atomic E-state index is 11.7. The summed E-state index contributed by atoms with van der Waals surface area (Å²) < 4.78 is 23.5. The van der Waals surface area contributed by atoms with Crippen molar-refractivity contribution in [3.8, 4) is 11.1 Å². The van der Waals surface area contributed by atoms with Crippen LogP contribution in [0.3, 0.4) is 0 Å². The van der Waals surface area contributed by atoms with Crippen molar-refractivity contribution in [3.05, 3.63) is 47.3 Å². The van der Waals surface area contributed by atoms with Crippen LogP contribution in [0.15, 0.2) is 17.0 Å². The minimum Gasteiger partial charge on any atom is -0.224 e. The van der Waals surface area contributed by atoms with E-state index in [1.165, 1.54) is 12.1 Å². The summed E-state index contributed by atoms with van der Waals surface area (Å²) in [6.07, 6.45) is 0.990. The lowest BCUT2D eigenvalue weighted by atomic mass is 10.1. The molecule has 0 aliphatic carbocycles. The van der Waals surface area contributed by atoms with E-state index in [0.29, 0.717) is 0 Å². The molecule has 0 aliphatic rings. The molecular weight excluding hydrogens is 468 g/mol. The monoisotopic (exact) mass is 470 g/mol. The van der Waals surface area contributed by atoms with Crippen LogP contribution >= 0.6 is 81.2 Å². The van der Waals surface area contributed by atoms with Gasteiger partial charge in [-0.1, -0.05) is 81.2 Å². The van der Waals surface area contributed by atoms with Crippen LogP contribution < -0.4 is 0 Å². The number of benzene rings is 2. The third-order valence-electron chi connectivity index (χ3n) is 2.90. The van der Waals surface area contributed by atoms with Gasteiger partial charge in [-0.15, -0.1) is 0 Å². The fourth-order valence-corrected chi connectivity index (χ4v) is 4.85. The molecule has 0 radical (unpaired) electrons. The van der Waals surface area contributed by atoms with Crippen molar-refractivity contribution >= 4 is 91.0 Å². The Kier molecular flexibility index (Phi) is 5.98. The zero-order chi connectivity index (χ0) is 17.7. The van der Waals surface area contributed by atoms with Gasteiger partial charge in [-0.25, -0.2) is 8.42 Å². The van der Waals surface area contributed by atoms with Gasteiger partial charge in [0.25, 0.3) is 0 Å². The van der Waals surface area contributed by atoms with Gasteiger partial charge in [0.15, 0.2) is 9.84 Å². The first-order chi connectivity index (χ1) is 10.5. The summed E-state index contributed by atoms with van der Waals surface area (Å²) >= 11 is 42.6. The minimum atomic E-state index is -3.62. The number of sulfone groups is 1. The first-order valence-electron chi connectivity index (χ1n) is 5.67. The molecule has 10 heteroatoms. The van der Waals surface area contributed by atoms with Crippen LogP contribution in [0.25, 0.3) is 11.1 Å². The van der Waals surface area contributed by atoms with E-state index in [1.807, 2.05) is 0 Å². The maximum absolute atomic E-state index is 11.7. The van der Waals surface area contributed by atoms with Crippen molar-refractivity contribution in [2.45, 2.75) is 4.90 Å². The summed E-state index contributed by atoms with van der Waals surface area (Å²) in [7, 11) is -3.62. The van der Waals surface area contributed by atoms with E-state index in [9.17, 15) is 8.42 Å². The summed E-state index contributed by atoms with van der Waals surface area (Å²) in [6.45, 7) is 0. The standard InChI is InChI=1S/C13H5Cl7O2S/c1-23(21,22)7-3-5(14)8(12(19)11(7)18)4-2-6(15)10(17)13(20)9(4)16/h2-3H,1H3. The SMILES string of the molecule is CS(=O)(=O)c1cc(Cl)c(-c2cc(Cl)c(Cl)c(Cl)c2Cl)c(Cl)c1Cl. The van der Waals surface area contributed by atoms with Crippen LogP contribution in [0.5, 0.6) is 0 Å². The predicted molar refractivity (Wildman–Crippen MR) is 100 cm³/mol. The molecule has 0 aromatic heterocycles. The fraction of sp³-hybridized carbons (Fsp3) is 0.0769. The van der Waals surface area contributed by atoms with Gasteiger partial charge in [-0.3, -0.25) is 0 Å². The molecule has 2 rings (SSSR count). The number of halogens is 7. The first-order valence-corrected chi connectivity index (χ1v) is 10.2. The van der Waals surface area contributed by atoms with Gasteiger partial charge in [-0.05, 0) is 12.1 Å². The molecule has 0 spiro atoms. The molecule has 0 bridgehead atoms. The lowest BCUT2D eigenvalue weighted by Crippen LogP contribution is -2.00. The van der Waals surface area contributed by atoms with Crippen LogP contribution in [0.4, 0.5) is 0 Å². The molecule has 0 fully saturated rings. The Morgan fingerprint density at radius 1 is 0.696 bits per heavy atom. The maximum Gasteiger partial charge on any atom is 0.177 e. The summed E-state index contributed by atoms with van der Waals surface area (Å²) in [5.74, 6) is 0. The van der Waals surface area contributed by atoms with Gasteiger partial charge in [0.05, 0.1) is 40.1 Å². The topological polar surface area (TPSA) is 34.1 Å². The zero-order valence-electron chi connectivity index (χ0n) is 11.0. The Balaban J connectivity index is 2.90. The van der Waals surface area contributed by atoms with Crippen molar-refractivity contribution < 1.29 is 8.42 Å². The van der Waals surface area contributed by atoms with E-state index in [2.05, 4.69) is 0 Å². The van der Waals surface area contributed by atoms with Crippen molar-refractivity contribution in [2.75, 3.05) is 6.26 Å². The van der Waals surface area contributed by atoms with Crippen molar-refractivity contribution in [3.63, 3.8) is 0 Å². The predicted octanol–water partition coefficient (Wildman–Crippen LogP) is 7.33. The highest BCUT2D eigenvalue weighted by Gasteiger charge is 2.24. The molecule has 0 aliphatic heterocycles. The van der Waals surface area contributed by atoms with Gasteiger partial charge in [0.1, 0.15) is 0 Å². The van der Waals surface area contributed by atoms with E-state index >= 15 is 0 Å². The molecule has 0 saturated carbocycles. The largest absolute Gasteiger partial charge is 0.224 e. The Hall–Kier alpha value is 0.420. The van der Waals surface area contributed by atoms with Crippen LogP contribution in [0.2, 0.25) is 35.2 Å². The molecule has 0 amide bonds.